The van der Waals surface area contributed by atoms with Crippen molar-refractivity contribution in [1.29, 1.82) is 0 Å². The van der Waals surface area contributed by atoms with Crippen LogP contribution in [0.25, 0.3) is 0 Å². The van der Waals surface area contributed by atoms with E-state index in [4.69, 9.17) is 5.73 Å². The summed E-state index contributed by atoms with van der Waals surface area (Å²) in [5, 5.41) is 10.7. The zero-order valence-corrected chi connectivity index (χ0v) is 11.8. The van der Waals surface area contributed by atoms with E-state index in [1.165, 1.54) is 6.07 Å². The van der Waals surface area contributed by atoms with Gasteiger partial charge in [-0.05, 0) is 18.1 Å². The molecule has 0 aliphatic rings. The first-order valence-corrected chi connectivity index (χ1v) is 6.86. The Morgan fingerprint density at radius 2 is 2.19 bits per heavy atom. The van der Waals surface area contributed by atoms with E-state index >= 15 is 0 Å². The molecule has 2 aromatic rings. The minimum atomic E-state index is -0.782. The van der Waals surface area contributed by atoms with Crippen LogP contribution in [0.5, 0.6) is 0 Å². The normalized spacial score (nSPS) is 12.3. The molecule has 0 saturated carbocycles. The fraction of sp³-hybridized carbons (Fsp3) is 0.333. The van der Waals surface area contributed by atoms with E-state index in [2.05, 4.69) is 6.92 Å². The Hall–Kier alpha value is -2.21. The van der Waals surface area contributed by atoms with Gasteiger partial charge in [0.2, 0.25) is 5.82 Å². The fourth-order valence-electron chi connectivity index (χ4n) is 2.28. The van der Waals surface area contributed by atoms with Gasteiger partial charge in [-0.15, -0.1) is 0 Å². The van der Waals surface area contributed by atoms with Gasteiger partial charge in [0.15, 0.2) is 0 Å². The molecule has 2 rings (SSSR count). The molecule has 21 heavy (non-hydrogen) atoms. The molecule has 0 spiro atoms. The third-order valence-corrected chi connectivity index (χ3v) is 3.41. The molecular weight excluding hydrogens is 273 g/mol. The molecule has 0 amide bonds. The lowest BCUT2D eigenvalue weighted by molar-refractivity contribution is -0.387. The summed E-state index contributed by atoms with van der Waals surface area (Å²) in [6.07, 6.45) is 5.54. The predicted molar refractivity (Wildman–Crippen MR) is 78.4 cm³/mol. The van der Waals surface area contributed by atoms with Crippen LogP contribution in [0.3, 0.4) is 0 Å². The summed E-state index contributed by atoms with van der Waals surface area (Å²) in [7, 11) is 0. The molecule has 1 unspecified atom stereocenters. The van der Waals surface area contributed by atoms with Crippen molar-refractivity contribution in [2.24, 2.45) is 5.73 Å². The average molecular weight is 291 g/mol. The first kappa shape index (κ1) is 15.2. The van der Waals surface area contributed by atoms with Crippen molar-refractivity contribution in [2.75, 3.05) is 0 Å². The summed E-state index contributed by atoms with van der Waals surface area (Å²) in [5.74, 6) is -0.782. The van der Waals surface area contributed by atoms with Crippen molar-refractivity contribution in [3.63, 3.8) is 0 Å². The van der Waals surface area contributed by atoms with Crippen LogP contribution in [0.1, 0.15) is 36.9 Å². The van der Waals surface area contributed by atoms with Crippen LogP contribution in [0.2, 0.25) is 0 Å². The largest absolute Gasteiger partial charge is 0.349 e. The van der Waals surface area contributed by atoms with Gasteiger partial charge >= 0.3 is 5.69 Å². The average Bonchev–Trinajstić information content (AvgIpc) is 2.90. The summed E-state index contributed by atoms with van der Waals surface area (Å²) in [6.45, 7) is 2.31. The Bertz CT molecular complexity index is 640. The number of halogens is 1. The molecule has 1 aromatic carbocycles. The number of hydrogen-bond acceptors (Lipinski definition) is 3. The molecule has 0 radical (unpaired) electrons. The summed E-state index contributed by atoms with van der Waals surface area (Å²) >= 11 is 0. The molecule has 1 aromatic heterocycles. The number of nitro groups is 1. The maximum Gasteiger partial charge on any atom is 0.305 e. The molecule has 0 saturated heterocycles. The number of aromatic nitrogens is 1. The van der Waals surface area contributed by atoms with Gasteiger partial charge in [-0.25, -0.2) is 0 Å². The van der Waals surface area contributed by atoms with Gasteiger partial charge in [0, 0.05) is 30.1 Å². The quantitative estimate of drug-likeness (QED) is 0.655. The van der Waals surface area contributed by atoms with E-state index in [0.29, 0.717) is 0 Å². The molecule has 1 heterocycles. The number of nitrogens with two attached hydrogens (primary N) is 1. The van der Waals surface area contributed by atoms with Gasteiger partial charge in [-0.3, -0.25) is 10.1 Å². The van der Waals surface area contributed by atoms with Gasteiger partial charge in [0.25, 0.3) is 0 Å². The van der Waals surface area contributed by atoms with Crippen LogP contribution in [0.4, 0.5) is 10.1 Å². The molecule has 1 atom stereocenters. The minimum absolute atomic E-state index is 0.0359. The number of nitrogens with zero attached hydrogens (tertiary/aromatic N) is 2. The van der Waals surface area contributed by atoms with Gasteiger partial charge in [-0.1, -0.05) is 25.5 Å². The first-order chi connectivity index (χ1) is 10.0. The monoisotopic (exact) mass is 291 g/mol. The van der Waals surface area contributed by atoms with E-state index < -0.39 is 16.4 Å². The maximum atomic E-state index is 14.0. The van der Waals surface area contributed by atoms with Crippen LogP contribution in [0.15, 0.2) is 36.7 Å². The molecule has 112 valence electrons. The summed E-state index contributed by atoms with van der Waals surface area (Å²) in [5.41, 5.74) is 6.81. The van der Waals surface area contributed by atoms with Gasteiger partial charge in [-0.2, -0.15) is 4.39 Å². The van der Waals surface area contributed by atoms with Gasteiger partial charge in [0.1, 0.15) is 0 Å². The van der Waals surface area contributed by atoms with Crippen molar-refractivity contribution in [2.45, 2.75) is 32.4 Å². The lowest BCUT2D eigenvalue weighted by atomic mass is 10.1. The Labute approximate surface area is 122 Å². The van der Waals surface area contributed by atoms with E-state index in [1.54, 1.807) is 10.6 Å². The summed E-state index contributed by atoms with van der Waals surface area (Å²) < 4.78 is 15.8. The molecule has 2 N–H and O–H groups in total. The number of rotatable bonds is 6. The Balaban J connectivity index is 2.19. The van der Waals surface area contributed by atoms with Crippen molar-refractivity contribution < 1.29 is 9.31 Å². The van der Waals surface area contributed by atoms with Gasteiger partial charge in [0.05, 0.1) is 11.5 Å². The molecule has 0 bridgehead atoms. The highest BCUT2D eigenvalue weighted by atomic mass is 19.1. The standard InChI is InChI=1S/C15H18FN3O2/c1-2-4-13(17)11-7-8-18(9-11)10-12-5-3-6-14(15(12)16)19(20)21/h3,5-9,13H,2,4,10,17H2,1H3. The zero-order valence-electron chi connectivity index (χ0n) is 11.8. The van der Waals surface area contributed by atoms with Crippen LogP contribution in [-0.4, -0.2) is 9.49 Å². The predicted octanol–water partition coefficient (Wildman–Crippen LogP) is 3.38. The van der Waals surface area contributed by atoms with Crippen molar-refractivity contribution in [3.8, 4) is 0 Å². The highest BCUT2D eigenvalue weighted by molar-refractivity contribution is 5.37. The molecule has 0 aliphatic carbocycles. The van der Waals surface area contributed by atoms with Gasteiger partial charge < -0.3 is 10.3 Å². The SMILES string of the molecule is CCCC(N)c1ccn(Cc2cccc([N+](=O)[O-])c2F)c1. The van der Waals surface area contributed by atoms with E-state index in [0.717, 1.165) is 24.5 Å². The van der Waals surface area contributed by atoms with Crippen LogP contribution >= 0.6 is 0 Å². The van der Waals surface area contributed by atoms with Crippen LogP contribution < -0.4 is 5.73 Å². The van der Waals surface area contributed by atoms with Crippen molar-refractivity contribution in [3.05, 3.63) is 63.7 Å². The van der Waals surface area contributed by atoms with Crippen LogP contribution in [-0.2, 0) is 6.54 Å². The number of hydrogen-bond donors (Lipinski definition) is 1. The maximum absolute atomic E-state index is 14.0. The second kappa shape index (κ2) is 6.49. The topological polar surface area (TPSA) is 74.1 Å². The van der Waals surface area contributed by atoms with E-state index in [-0.39, 0.29) is 18.2 Å². The number of benzene rings is 1. The fourth-order valence-corrected chi connectivity index (χ4v) is 2.28. The lowest BCUT2D eigenvalue weighted by Gasteiger charge is -2.08. The third-order valence-electron chi connectivity index (χ3n) is 3.41. The molecular formula is C15H18FN3O2. The Morgan fingerprint density at radius 1 is 1.43 bits per heavy atom. The Kier molecular flexibility index (Phi) is 4.70. The summed E-state index contributed by atoms with van der Waals surface area (Å²) in [4.78, 5) is 10.0. The lowest BCUT2D eigenvalue weighted by Crippen LogP contribution is -2.09. The molecule has 5 nitrogen and oxygen atoms in total. The Morgan fingerprint density at radius 3 is 2.86 bits per heavy atom. The van der Waals surface area contributed by atoms with E-state index in [1.807, 2.05) is 18.5 Å². The highest BCUT2D eigenvalue weighted by Crippen LogP contribution is 2.22. The van der Waals surface area contributed by atoms with Crippen LogP contribution in [0, 0.1) is 15.9 Å². The highest BCUT2D eigenvalue weighted by Gasteiger charge is 2.17. The van der Waals surface area contributed by atoms with Crippen molar-refractivity contribution in [1.82, 2.24) is 4.57 Å². The van der Waals surface area contributed by atoms with E-state index in [9.17, 15) is 14.5 Å². The molecule has 0 fully saturated rings. The molecule has 0 aliphatic heterocycles. The summed E-state index contributed by atoms with van der Waals surface area (Å²) in [6, 6.07) is 6.07. The second-order valence-electron chi connectivity index (χ2n) is 5.02. The molecule has 6 heteroatoms. The van der Waals surface area contributed by atoms with Crippen molar-refractivity contribution >= 4 is 5.69 Å². The smallest absolute Gasteiger partial charge is 0.305 e. The second-order valence-corrected chi connectivity index (χ2v) is 5.02. The minimum Gasteiger partial charge on any atom is -0.349 e. The third kappa shape index (κ3) is 3.46. The number of nitro benzene ring substituents is 1. The first-order valence-electron chi connectivity index (χ1n) is 6.86. The zero-order chi connectivity index (χ0) is 15.4.